The van der Waals surface area contributed by atoms with Crippen LogP contribution in [0, 0.1) is 16.7 Å². The van der Waals surface area contributed by atoms with Crippen molar-refractivity contribution < 1.29 is 9.53 Å². The Morgan fingerprint density at radius 3 is 2.15 bits per heavy atom. The SMILES string of the molecule is COC(=O)C(=N)SC(=N)C(C)C.I. The summed E-state index contributed by atoms with van der Waals surface area (Å²) < 4.78 is 4.31. The average Bonchev–Trinajstić information content (AvgIpc) is 2.02. The molecule has 0 heterocycles. The summed E-state index contributed by atoms with van der Waals surface area (Å²) in [5.74, 6) is -0.648. The van der Waals surface area contributed by atoms with Crippen LogP contribution in [0.15, 0.2) is 0 Å². The second-order valence-corrected chi connectivity index (χ2v) is 3.49. The molecule has 0 aliphatic heterocycles. The first-order chi connectivity index (χ1) is 5.49. The summed E-state index contributed by atoms with van der Waals surface area (Å²) in [6.07, 6.45) is 0. The molecule has 0 aliphatic rings. The summed E-state index contributed by atoms with van der Waals surface area (Å²) in [4.78, 5) is 10.7. The van der Waals surface area contributed by atoms with Crippen molar-refractivity contribution >= 4 is 51.8 Å². The lowest BCUT2D eigenvalue weighted by molar-refractivity contribution is -0.132. The molecule has 0 aromatic rings. The highest BCUT2D eigenvalue weighted by Crippen LogP contribution is 2.12. The first-order valence-corrected chi connectivity index (χ1v) is 4.23. The van der Waals surface area contributed by atoms with Crippen LogP contribution in [-0.2, 0) is 9.53 Å². The maximum atomic E-state index is 10.7. The largest absolute Gasteiger partial charge is 0.464 e. The third kappa shape index (κ3) is 6.03. The standard InChI is InChI=1S/C7H12N2O2S.HI/c1-4(2)5(8)12-6(9)7(10)11-3;/h4,8-9H,1-3H3;1H. The lowest BCUT2D eigenvalue weighted by atomic mass is 10.2. The van der Waals surface area contributed by atoms with Gasteiger partial charge in [0.15, 0.2) is 5.04 Å². The number of methoxy groups -OCH3 is 1. The fraction of sp³-hybridized carbons (Fsp3) is 0.571. The van der Waals surface area contributed by atoms with Gasteiger partial charge in [0.25, 0.3) is 0 Å². The van der Waals surface area contributed by atoms with Gasteiger partial charge in [0.2, 0.25) is 0 Å². The molecule has 0 aromatic carbocycles. The summed E-state index contributed by atoms with van der Waals surface area (Å²) in [5, 5.41) is 14.6. The molecule has 13 heavy (non-hydrogen) atoms. The van der Waals surface area contributed by atoms with Gasteiger partial charge in [0.1, 0.15) is 0 Å². The molecular weight excluding hydrogens is 303 g/mol. The van der Waals surface area contributed by atoms with E-state index in [0.717, 1.165) is 11.8 Å². The molecule has 0 fully saturated rings. The summed E-state index contributed by atoms with van der Waals surface area (Å²) >= 11 is 0.832. The molecule has 0 atom stereocenters. The first-order valence-electron chi connectivity index (χ1n) is 3.42. The van der Waals surface area contributed by atoms with E-state index < -0.39 is 5.97 Å². The van der Waals surface area contributed by atoms with E-state index in [0.29, 0.717) is 5.04 Å². The van der Waals surface area contributed by atoms with Crippen LogP contribution in [0.25, 0.3) is 0 Å². The van der Waals surface area contributed by atoms with Crippen LogP contribution in [0.1, 0.15) is 13.8 Å². The van der Waals surface area contributed by atoms with Gasteiger partial charge in [0, 0.05) is 5.92 Å². The van der Waals surface area contributed by atoms with Gasteiger partial charge in [-0.3, -0.25) is 10.8 Å². The minimum absolute atomic E-state index is 0. The summed E-state index contributed by atoms with van der Waals surface area (Å²) in [7, 11) is 1.22. The molecule has 6 heteroatoms. The van der Waals surface area contributed by atoms with E-state index in [1.54, 1.807) is 0 Å². The number of ether oxygens (including phenoxy) is 1. The van der Waals surface area contributed by atoms with Crippen molar-refractivity contribution in [2.75, 3.05) is 7.11 Å². The van der Waals surface area contributed by atoms with Crippen molar-refractivity contribution in [3.05, 3.63) is 0 Å². The van der Waals surface area contributed by atoms with Crippen molar-refractivity contribution in [2.24, 2.45) is 5.92 Å². The summed E-state index contributed by atoms with van der Waals surface area (Å²) in [5.41, 5.74) is 0. The third-order valence-electron chi connectivity index (χ3n) is 1.11. The molecular formula is C7H13IN2O2S. The smallest absolute Gasteiger partial charge is 0.363 e. The zero-order valence-electron chi connectivity index (χ0n) is 7.71. The molecule has 2 N–H and O–H groups in total. The van der Waals surface area contributed by atoms with E-state index in [2.05, 4.69) is 4.74 Å². The Labute approximate surface area is 98.8 Å². The lowest BCUT2D eigenvalue weighted by Gasteiger charge is -2.05. The lowest BCUT2D eigenvalue weighted by Crippen LogP contribution is -2.14. The highest BCUT2D eigenvalue weighted by Gasteiger charge is 2.14. The van der Waals surface area contributed by atoms with E-state index in [1.165, 1.54) is 7.11 Å². The van der Waals surface area contributed by atoms with E-state index in [4.69, 9.17) is 10.8 Å². The highest BCUT2D eigenvalue weighted by atomic mass is 127. The fourth-order valence-electron chi connectivity index (χ4n) is 0.362. The molecule has 76 valence electrons. The minimum atomic E-state index is -0.689. The maximum Gasteiger partial charge on any atom is 0.363 e. The number of halogens is 1. The Morgan fingerprint density at radius 1 is 1.38 bits per heavy atom. The predicted molar refractivity (Wildman–Crippen MR) is 65.3 cm³/mol. The molecule has 4 nitrogen and oxygen atoms in total. The Kier molecular flexibility index (Phi) is 8.64. The molecule has 0 radical (unpaired) electrons. The van der Waals surface area contributed by atoms with Gasteiger partial charge < -0.3 is 4.74 Å². The second kappa shape index (κ2) is 7.31. The second-order valence-electron chi connectivity index (χ2n) is 2.44. The zero-order chi connectivity index (χ0) is 9.72. The van der Waals surface area contributed by atoms with Gasteiger partial charge in [-0.05, 0) is 11.8 Å². The van der Waals surface area contributed by atoms with Gasteiger partial charge in [-0.15, -0.1) is 24.0 Å². The van der Waals surface area contributed by atoms with E-state index in [9.17, 15) is 4.79 Å². The molecule has 0 amide bonds. The van der Waals surface area contributed by atoms with Gasteiger partial charge in [-0.25, -0.2) is 4.79 Å². The number of nitrogens with one attached hydrogen (secondary N) is 2. The van der Waals surface area contributed by atoms with Crippen molar-refractivity contribution in [3.8, 4) is 0 Å². The molecule has 0 aromatic heterocycles. The van der Waals surface area contributed by atoms with Crippen LogP contribution in [0.4, 0.5) is 0 Å². The summed E-state index contributed by atoms with van der Waals surface area (Å²) in [6, 6.07) is 0. The third-order valence-corrected chi connectivity index (χ3v) is 2.17. The highest BCUT2D eigenvalue weighted by molar-refractivity contribution is 14.0. The van der Waals surface area contributed by atoms with Crippen LogP contribution in [0.5, 0.6) is 0 Å². The van der Waals surface area contributed by atoms with E-state index in [-0.39, 0.29) is 34.9 Å². The van der Waals surface area contributed by atoms with E-state index in [1.807, 2.05) is 13.8 Å². The molecule has 0 unspecified atom stereocenters. The average molecular weight is 316 g/mol. The van der Waals surface area contributed by atoms with Crippen molar-refractivity contribution in [2.45, 2.75) is 13.8 Å². The van der Waals surface area contributed by atoms with Gasteiger partial charge >= 0.3 is 5.97 Å². The number of hydrogen-bond donors (Lipinski definition) is 2. The van der Waals surface area contributed by atoms with Crippen LogP contribution in [0.2, 0.25) is 0 Å². The van der Waals surface area contributed by atoms with Gasteiger partial charge in [0.05, 0.1) is 12.2 Å². The van der Waals surface area contributed by atoms with Crippen LogP contribution in [0.3, 0.4) is 0 Å². The Hall–Kier alpha value is -0.110. The predicted octanol–water partition coefficient (Wildman–Crippen LogP) is 2.12. The topological polar surface area (TPSA) is 74.0 Å². The number of hydrogen-bond acceptors (Lipinski definition) is 5. The molecule has 0 rings (SSSR count). The zero-order valence-corrected chi connectivity index (χ0v) is 10.9. The Bertz CT molecular complexity index is 219. The number of thioether (sulfide) groups is 1. The minimum Gasteiger partial charge on any atom is -0.464 e. The first kappa shape index (κ1) is 15.4. The van der Waals surface area contributed by atoms with Gasteiger partial charge in [-0.1, -0.05) is 13.8 Å². The van der Waals surface area contributed by atoms with Crippen molar-refractivity contribution in [3.63, 3.8) is 0 Å². The fourth-order valence-corrected chi connectivity index (χ4v) is 0.984. The summed E-state index contributed by atoms with van der Waals surface area (Å²) in [6.45, 7) is 3.67. The molecule has 0 aliphatic carbocycles. The quantitative estimate of drug-likeness (QED) is 0.337. The monoisotopic (exact) mass is 316 g/mol. The van der Waals surface area contributed by atoms with Crippen molar-refractivity contribution in [1.82, 2.24) is 0 Å². The van der Waals surface area contributed by atoms with Crippen molar-refractivity contribution in [1.29, 1.82) is 10.8 Å². The number of carbonyl (C=O) groups is 1. The number of esters is 1. The van der Waals surface area contributed by atoms with Crippen LogP contribution < -0.4 is 0 Å². The number of carbonyl (C=O) groups excluding carboxylic acids is 1. The number of rotatable bonds is 1. The van der Waals surface area contributed by atoms with Crippen LogP contribution >= 0.6 is 35.7 Å². The molecule has 0 bridgehead atoms. The molecule has 0 spiro atoms. The Balaban J connectivity index is 0. The maximum absolute atomic E-state index is 10.7. The molecule has 0 saturated carbocycles. The Morgan fingerprint density at radius 2 is 1.85 bits per heavy atom. The van der Waals surface area contributed by atoms with E-state index >= 15 is 0 Å². The van der Waals surface area contributed by atoms with Crippen LogP contribution in [-0.4, -0.2) is 23.2 Å². The van der Waals surface area contributed by atoms with Gasteiger partial charge in [-0.2, -0.15) is 0 Å². The molecule has 0 saturated heterocycles. The normalized spacial score (nSPS) is 8.92.